The summed E-state index contributed by atoms with van der Waals surface area (Å²) in [5.74, 6) is -4.32. The molecule has 8 nitrogen and oxygen atoms in total. The van der Waals surface area contributed by atoms with Crippen molar-refractivity contribution < 1.29 is 23.8 Å². The molecule has 1 fully saturated rings. The molecule has 1 aromatic rings. The standard InChI is InChI=1S/C12H13N3O5/c1-12(2)19-10(16)8(11(17)20-12)9(13)6-4-14-5-7(15-6)18-3/h4-5,8,13H,1-3H3. The highest BCUT2D eigenvalue weighted by Gasteiger charge is 2.46. The number of carbonyl (C=O) groups is 2. The van der Waals surface area contributed by atoms with Crippen LogP contribution in [0.2, 0.25) is 0 Å². The smallest absolute Gasteiger partial charge is 0.329 e. The first-order chi connectivity index (χ1) is 9.34. The molecule has 0 saturated carbocycles. The maximum Gasteiger partial charge on any atom is 0.329 e. The fourth-order valence-corrected chi connectivity index (χ4v) is 1.68. The second kappa shape index (κ2) is 4.87. The summed E-state index contributed by atoms with van der Waals surface area (Å²) in [5.41, 5.74) is -0.301. The highest BCUT2D eigenvalue weighted by Crippen LogP contribution is 2.25. The lowest BCUT2D eigenvalue weighted by molar-refractivity contribution is -0.235. The van der Waals surface area contributed by atoms with Crippen LogP contribution in [0.3, 0.4) is 0 Å². The summed E-state index contributed by atoms with van der Waals surface area (Å²) in [6, 6.07) is 0. The number of carbonyl (C=O) groups excluding carboxylic acids is 2. The zero-order chi connectivity index (χ0) is 14.9. The molecular formula is C12H13N3O5. The molecular weight excluding hydrogens is 266 g/mol. The van der Waals surface area contributed by atoms with E-state index in [1.54, 1.807) is 0 Å². The number of hydrogen-bond acceptors (Lipinski definition) is 8. The Morgan fingerprint density at radius 3 is 2.45 bits per heavy atom. The predicted molar refractivity (Wildman–Crippen MR) is 65.2 cm³/mol. The summed E-state index contributed by atoms with van der Waals surface area (Å²) in [6.07, 6.45) is 2.60. The van der Waals surface area contributed by atoms with Crippen LogP contribution in [-0.2, 0) is 19.1 Å². The Morgan fingerprint density at radius 1 is 1.30 bits per heavy atom. The molecule has 0 aromatic carbocycles. The van der Waals surface area contributed by atoms with Crippen molar-refractivity contribution in [2.24, 2.45) is 5.92 Å². The minimum absolute atomic E-state index is 0.0444. The van der Waals surface area contributed by atoms with Crippen molar-refractivity contribution in [3.63, 3.8) is 0 Å². The molecule has 8 heteroatoms. The molecule has 1 saturated heterocycles. The fraction of sp³-hybridized carbons (Fsp3) is 0.417. The third kappa shape index (κ3) is 2.58. The van der Waals surface area contributed by atoms with Gasteiger partial charge in [-0.15, -0.1) is 0 Å². The average Bonchev–Trinajstić information content (AvgIpc) is 2.36. The van der Waals surface area contributed by atoms with E-state index < -0.39 is 23.6 Å². The van der Waals surface area contributed by atoms with Gasteiger partial charge in [-0.2, -0.15) is 0 Å². The highest BCUT2D eigenvalue weighted by atomic mass is 16.7. The third-order valence-electron chi connectivity index (χ3n) is 2.55. The number of nitrogens with one attached hydrogen (secondary N) is 1. The van der Waals surface area contributed by atoms with Gasteiger partial charge in [0.25, 0.3) is 5.79 Å². The Bertz CT molecular complexity index is 564. The Morgan fingerprint density at radius 2 is 1.90 bits per heavy atom. The van der Waals surface area contributed by atoms with Crippen molar-refractivity contribution in [2.75, 3.05) is 7.11 Å². The molecule has 1 aliphatic rings. The van der Waals surface area contributed by atoms with E-state index in [1.165, 1.54) is 33.4 Å². The molecule has 0 amide bonds. The number of methoxy groups -OCH3 is 1. The van der Waals surface area contributed by atoms with Gasteiger partial charge in [-0.3, -0.25) is 14.6 Å². The topological polar surface area (TPSA) is 111 Å². The van der Waals surface area contributed by atoms with Crippen molar-refractivity contribution in [2.45, 2.75) is 19.6 Å². The molecule has 0 unspecified atom stereocenters. The van der Waals surface area contributed by atoms with Crippen LogP contribution in [0.25, 0.3) is 0 Å². The van der Waals surface area contributed by atoms with Gasteiger partial charge in [0.05, 0.1) is 25.2 Å². The molecule has 0 atom stereocenters. The number of hydrogen-bond donors (Lipinski definition) is 1. The van der Waals surface area contributed by atoms with Crippen molar-refractivity contribution >= 4 is 17.7 Å². The molecule has 0 bridgehead atoms. The largest absolute Gasteiger partial charge is 0.480 e. The zero-order valence-corrected chi connectivity index (χ0v) is 11.2. The number of nitrogens with zero attached hydrogens (tertiary/aromatic N) is 2. The summed E-state index contributed by atoms with van der Waals surface area (Å²) in [4.78, 5) is 31.5. The van der Waals surface area contributed by atoms with Gasteiger partial charge in [-0.1, -0.05) is 0 Å². The van der Waals surface area contributed by atoms with E-state index in [0.29, 0.717) is 0 Å². The number of cyclic esters (lactones) is 2. The zero-order valence-electron chi connectivity index (χ0n) is 11.2. The van der Waals surface area contributed by atoms with E-state index in [-0.39, 0.29) is 17.3 Å². The molecule has 1 aliphatic heterocycles. The maximum atomic E-state index is 11.8. The van der Waals surface area contributed by atoms with Crippen LogP contribution in [0.1, 0.15) is 19.5 Å². The summed E-state index contributed by atoms with van der Waals surface area (Å²) in [6.45, 7) is 2.88. The second-order valence-corrected chi connectivity index (χ2v) is 4.54. The molecule has 1 aromatic heterocycles. The van der Waals surface area contributed by atoms with Crippen LogP contribution in [0.4, 0.5) is 0 Å². The SMILES string of the molecule is COc1cncc(C(=N)C2C(=O)OC(C)(C)OC2=O)n1. The lowest BCUT2D eigenvalue weighted by atomic mass is 10.00. The van der Waals surface area contributed by atoms with Crippen LogP contribution in [-0.4, -0.2) is 40.5 Å². The molecule has 0 spiro atoms. The van der Waals surface area contributed by atoms with Crippen LogP contribution >= 0.6 is 0 Å². The fourth-order valence-electron chi connectivity index (χ4n) is 1.68. The Labute approximate surface area is 114 Å². The first-order valence-corrected chi connectivity index (χ1v) is 5.74. The van der Waals surface area contributed by atoms with E-state index in [0.717, 1.165) is 0 Å². The summed E-state index contributed by atoms with van der Waals surface area (Å²) >= 11 is 0. The van der Waals surface area contributed by atoms with Crippen molar-refractivity contribution in [3.8, 4) is 5.88 Å². The normalized spacial score (nSPS) is 18.1. The Kier molecular flexibility index (Phi) is 3.39. The number of ether oxygens (including phenoxy) is 3. The van der Waals surface area contributed by atoms with Gasteiger partial charge in [0, 0.05) is 13.8 Å². The van der Waals surface area contributed by atoms with E-state index in [4.69, 9.17) is 19.6 Å². The molecule has 2 heterocycles. The van der Waals surface area contributed by atoms with Gasteiger partial charge >= 0.3 is 11.9 Å². The van der Waals surface area contributed by atoms with Gasteiger partial charge < -0.3 is 19.6 Å². The predicted octanol–water partition coefficient (Wildman–Crippen LogP) is 0.305. The molecule has 106 valence electrons. The Hall–Kier alpha value is -2.51. The van der Waals surface area contributed by atoms with Crippen molar-refractivity contribution in [1.29, 1.82) is 5.41 Å². The third-order valence-corrected chi connectivity index (χ3v) is 2.55. The Balaban J connectivity index is 2.28. The maximum absolute atomic E-state index is 11.8. The number of rotatable bonds is 3. The van der Waals surface area contributed by atoms with Gasteiger partial charge in [0.15, 0.2) is 5.92 Å². The van der Waals surface area contributed by atoms with E-state index in [9.17, 15) is 9.59 Å². The first-order valence-electron chi connectivity index (χ1n) is 5.74. The van der Waals surface area contributed by atoms with Gasteiger partial charge in [-0.05, 0) is 0 Å². The van der Waals surface area contributed by atoms with Gasteiger partial charge in [-0.25, -0.2) is 4.98 Å². The molecule has 0 radical (unpaired) electrons. The van der Waals surface area contributed by atoms with Crippen LogP contribution in [0.15, 0.2) is 12.4 Å². The molecule has 2 rings (SSSR count). The minimum Gasteiger partial charge on any atom is -0.480 e. The lowest BCUT2D eigenvalue weighted by Crippen LogP contribution is -2.49. The van der Waals surface area contributed by atoms with Gasteiger partial charge in [0.1, 0.15) is 5.69 Å². The summed E-state index contributed by atoms with van der Waals surface area (Å²) in [5, 5.41) is 7.93. The quantitative estimate of drug-likeness (QED) is 0.481. The number of aromatic nitrogens is 2. The monoisotopic (exact) mass is 279 g/mol. The summed E-state index contributed by atoms with van der Waals surface area (Å²) in [7, 11) is 1.39. The van der Waals surface area contributed by atoms with Crippen LogP contribution < -0.4 is 4.74 Å². The minimum atomic E-state index is -1.47. The van der Waals surface area contributed by atoms with Crippen LogP contribution in [0.5, 0.6) is 5.88 Å². The van der Waals surface area contributed by atoms with Gasteiger partial charge in [0.2, 0.25) is 5.88 Å². The van der Waals surface area contributed by atoms with Crippen molar-refractivity contribution in [3.05, 3.63) is 18.1 Å². The lowest BCUT2D eigenvalue weighted by Gasteiger charge is -2.32. The average molecular weight is 279 g/mol. The van der Waals surface area contributed by atoms with E-state index >= 15 is 0 Å². The second-order valence-electron chi connectivity index (χ2n) is 4.54. The van der Waals surface area contributed by atoms with E-state index in [1.807, 2.05) is 0 Å². The van der Waals surface area contributed by atoms with E-state index in [2.05, 4.69) is 9.97 Å². The molecule has 1 N–H and O–H groups in total. The number of esters is 2. The highest BCUT2D eigenvalue weighted by molar-refractivity contribution is 6.21. The van der Waals surface area contributed by atoms with Crippen molar-refractivity contribution in [1.82, 2.24) is 9.97 Å². The summed E-state index contributed by atoms with van der Waals surface area (Å²) < 4.78 is 14.8. The molecule has 0 aliphatic carbocycles. The first kappa shape index (κ1) is 13.9. The molecule has 20 heavy (non-hydrogen) atoms. The van der Waals surface area contributed by atoms with Crippen LogP contribution in [0, 0.1) is 11.3 Å².